The first kappa shape index (κ1) is 45.1. The first-order valence-electron chi connectivity index (χ1n) is 19.2. The maximum atomic E-state index is 12.6. The van der Waals surface area contributed by atoms with Crippen molar-refractivity contribution in [1.29, 1.82) is 0 Å². The van der Waals surface area contributed by atoms with Gasteiger partial charge in [-0.15, -0.1) is 0 Å². The maximum absolute atomic E-state index is 12.6. The molecule has 0 aliphatic rings. The van der Waals surface area contributed by atoms with Crippen LogP contribution in [0.2, 0.25) is 0 Å². The summed E-state index contributed by atoms with van der Waals surface area (Å²) in [6.45, 7) is 4.68. The Hall–Kier alpha value is -1.93. The van der Waals surface area contributed by atoms with E-state index in [4.69, 9.17) is 14.2 Å². The molecule has 0 heterocycles. The Morgan fingerprint density at radius 2 is 1.06 bits per heavy atom. The number of esters is 2. The summed E-state index contributed by atoms with van der Waals surface area (Å²) >= 11 is 0. The molecule has 0 aromatic rings. The van der Waals surface area contributed by atoms with E-state index in [2.05, 4.69) is 26.0 Å². The van der Waals surface area contributed by atoms with Crippen LogP contribution in [0, 0.1) is 0 Å². The molecule has 0 saturated carbocycles. The normalized spacial score (nSPS) is 13.1. The van der Waals surface area contributed by atoms with E-state index < -0.39 is 18.1 Å². The van der Waals surface area contributed by atoms with Crippen LogP contribution in [-0.2, 0) is 28.6 Å². The van der Waals surface area contributed by atoms with E-state index >= 15 is 0 Å². The average Bonchev–Trinajstić information content (AvgIpc) is 3.01. The van der Waals surface area contributed by atoms with Crippen LogP contribution >= 0.6 is 0 Å². The van der Waals surface area contributed by atoms with E-state index in [0.717, 1.165) is 38.5 Å². The molecule has 0 amide bonds. The number of hydrogen-bond acceptors (Lipinski definition) is 6. The monoisotopic (exact) mass is 669 g/mol. The molecule has 2 unspecified atom stereocenters. The second-order valence-corrected chi connectivity index (χ2v) is 14.2. The van der Waals surface area contributed by atoms with Gasteiger partial charge in [-0.2, -0.15) is 0 Å². The highest BCUT2D eigenvalue weighted by Crippen LogP contribution is 2.14. The molecule has 8 nitrogen and oxygen atoms in total. The zero-order chi connectivity index (χ0) is 35.0. The van der Waals surface area contributed by atoms with Crippen molar-refractivity contribution < 1.29 is 38.2 Å². The predicted molar refractivity (Wildman–Crippen MR) is 192 cm³/mol. The second-order valence-electron chi connectivity index (χ2n) is 14.2. The molecule has 8 heteroatoms. The smallest absolute Gasteiger partial charge is 0.362 e. The molecular weight excluding hydrogens is 594 g/mol. The lowest BCUT2D eigenvalue weighted by Gasteiger charge is -2.31. The lowest BCUT2D eigenvalue weighted by Crippen LogP contribution is -2.50. The number of nitrogens with zero attached hydrogens (tertiary/aromatic N) is 1. The van der Waals surface area contributed by atoms with Gasteiger partial charge in [0.2, 0.25) is 0 Å². The number of hydrogen-bond donors (Lipinski definition) is 1. The number of allylic oxidation sites excluding steroid dienone is 2. The van der Waals surface area contributed by atoms with Crippen LogP contribution in [0.1, 0.15) is 168 Å². The summed E-state index contributed by atoms with van der Waals surface area (Å²) in [6.07, 6.45) is 29.7. The summed E-state index contributed by atoms with van der Waals surface area (Å²) in [5.41, 5.74) is 0. The number of carboxylic acid groups (broad SMARTS) is 1. The fourth-order valence-electron chi connectivity index (χ4n) is 5.61. The zero-order valence-electron chi connectivity index (χ0n) is 31.2. The highest BCUT2D eigenvalue weighted by atomic mass is 16.6. The average molecular weight is 669 g/mol. The number of unbranched alkanes of at least 4 members (excludes halogenated alkanes) is 18. The molecule has 0 aliphatic carbocycles. The third-order valence-corrected chi connectivity index (χ3v) is 8.66. The number of quaternary nitrogens is 1. The predicted octanol–water partition coefficient (Wildman–Crippen LogP) is 9.58. The van der Waals surface area contributed by atoms with Gasteiger partial charge in [-0.05, 0) is 38.5 Å². The Kier molecular flexibility index (Phi) is 30.1. The van der Waals surface area contributed by atoms with Crippen molar-refractivity contribution in [2.24, 2.45) is 0 Å². The van der Waals surface area contributed by atoms with Gasteiger partial charge in [0.1, 0.15) is 6.61 Å². The largest absolute Gasteiger partial charge is 0.477 e. The minimum Gasteiger partial charge on any atom is -0.477 e. The molecule has 0 spiro atoms. The highest BCUT2D eigenvalue weighted by Gasteiger charge is 2.31. The summed E-state index contributed by atoms with van der Waals surface area (Å²) in [5.74, 6) is -1.47. The number of likely N-dealkylation sites (N-methyl/N-ethyl adjacent to an activating group) is 1. The number of aliphatic carboxylic acids is 1. The molecule has 1 N–H and O–H groups in total. The number of ether oxygens (including phenoxy) is 3. The Balaban J connectivity index is 4.38. The van der Waals surface area contributed by atoms with Gasteiger partial charge in [0.25, 0.3) is 0 Å². The summed E-state index contributed by atoms with van der Waals surface area (Å²) in [4.78, 5) is 36.7. The zero-order valence-corrected chi connectivity index (χ0v) is 31.2. The third kappa shape index (κ3) is 29.9. The van der Waals surface area contributed by atoms with Crippen LogP contribution in [0.4, 0.5) is 0 Å². The van der Waals surface area contributed by atoms with Gasteiger partial charge in [-0.3, -0.25) is 9.59 Å². The van der Waals surface area contributed by atoms with Gasteiger partial charge < -0.3 is 23.8 Å². The lowest BCUT2D eigenvalue weighted by molar-refractivity contribution is -0.887. The fraction of sp³-hybridized carbons (Fsp3) is 0.872. The van der Waals surface area contributed by atoms with Gasteiger partial charge in [-0.1, -0.05) is 122 Å². The Bertz CT molecular complexity index is 793. The summed E-state index contributed by atoms with van der Waals surface area (Å²) < 4.78 is 17.2. The molecule has 0 radical (unpaired) electrons. The van der Waals surface area contributed by atoms with Gasteiger partial charge in [0, 0.05) is 19.3 Å². The molecule has 0 saturated heterocycles. The van der Waals surface area contributed by atoms with Gasteiger partial charge in [0.05, 0.1) is 34.4 Å². The molecule has 0 aliphatic heterocycles. The Morgan fingerprint density at radius 3 is 1.55 bits per heavy atom. The van der Waals surface area contributed by atoms with E-state index in [0.29, 0.717) is 19.3 Å². The van der Waals surface area contributed by atoms with Gasteiger partial charge in [0.15, 0.2) is 12.1 Å². The molecule has 0 bridgehead atoms. The van der Waals surface area contributed by atoms with E-state index in [1.807, 2.05) is 21.1 Å². The SMILES string of the molecule is CCCCCC/C=C/CCCCCCCCCC(=O)OC(COCCC(C(=O)O)[N+](C)(C)C)COC(=O)CCCCCCCCCC. The first-order valence-corrected chi connectivity index (χ1v) is 19.2. The second kappa shape index (κ2) is 31.3. The highest BCUT2D eigenvalue weighted by molar-refractivity contribution is 5.72. The van der Waals surface area contributed by atoms with Crippen molar-refractivity contribution in [3.05, 3.63) is 12.2 Å². The fourth-order valence-corrected chi connectivity index (χ4v) is 5.61. The standard InChI is InChI=1S/C39H73NO7/c1-6-8-10-12-14-16-17-18-19-20-21-22-24-26-28-30-38(42)47-35(33-45-32-31-36(39(43)44)40(3,4)5)34-46-37(41)29-27-25-23-15-13-11-9-7-2/h16-17,35-36H,6-15,18-34H2,1-5H3/p+1/b17-16+. The van der Waals surface area contributed by atoms with E-state index in [1.165, 1.54) is 96.3 Å². The first-order chi connectivity index (χ1) is 22.6. The molecule has 0 fully saturated rings. The van der Waals surface area contributed by atoms with Crippen molar-refractivity contribution in [2.75, 3.05) is 41.0 Å². The number of rotatable bonds is 34. The van der Waals surface area contributed by atoms with Gasteiger partial charge in [-0.25, -0.2) is 4.79 Å². The van der Waals surface area contributed by atoms with Crippen LogP contribution < -0.4 is 0 Å². The number of carbonyl (C=O) groups is 3. The molecule has 0 aromatic carbocycles. The molecule has 0 aromatic heterocycles. The maximum Gasteiger partial charge on any atom is 0.362 e. The molecule has 276 valence electrons. The minimum absolute atomic E-state index is 0.0483. The Labute approximate surface area is 289 Å². The quantitative estimate of drug-likeness (QED) is 0.0315. The van der Waals surface area contributed by atoms with Crippen LogP contribution in [-0.4, -0.2) is 80.6 Å². The van der Waals surface area contributed by atoms with Crippen LogP contribution in [0.3, 0.4) is 0 Å². The summed E-state index contributed by atoms with van der Waals surface area (Å²) in [6, 6.07) is -0.609. The minimum atomic E-state index is -0.875. The van der Waals surface area contributed by atoms with E-state index in [-0.39, 0.29) is 36.2 Å². The topological polar surface area (TPSA) is 99.1 Å². The van der Waals surface area contributed by atoms with Crippen LogP contribution in [0.15, 0.2) is 12.2 Å². The van der Waals surface area contributed by atoms with Crippen LogP contribution in [0.5, 0.6) is 0 Å². The van der Waals surface area contributed by atoms with E-state index in [1.54, 1.807) is 0 Å². The summed E-state index contributed by atoms with van der Waals surface area (Å²) in [7, 11) is 5.51. The van der Waals surface area contributed by atoms with Crippen molar-refractivity contribution in [1.82, 2.24) is 0 Å². The summed E-state index contributed by atoms with van der Waals surface area (Å²) in [5, 5.41) is 9.57. The molecule has 47 heavy (non-hydrogen) atoms. The van der Waals surface area contributed by atoms with Crippen LogP contribution in [0.25, 0.3) is 0 Å². The number of carbonyl (C=O) groups excluding carboxylic acids is 2. The third-order valence-electron chi connectivity index (χ3n) is 8.66. The Morgan fingerprint density at radius 1 is 0.617 bits per heavy atom. The van der Waals surface area contributed by atoms with Crippen molar-refractivity contribution >= 4 is 17.9 Å². The molecule has 2 atom stereocenters. The van der Waals surface area contributed by atoms with Crippen molar-refractivity contribution in [2.45, 2.75) is 180 Å². The molecular formula is C39H74NO7+. The molecule has 0 rings (SSSR count). The van der Waals surface area contributed by atoms with Crippen molar-refractivity contribution in [3.63, 3.8) is 0 Å². The number of carboxylic acids is 1. The van der Waals surface area contributed by atoms with E-state index in [9.17, 15) is 19.5 Å². The van der Waals surface area contributed by atoms with Gasteiger partial charge >= 0.3 is 17.9 Å². The van der Waals surface area contributed by atoms with Crippen molar-refractivity contribution in [3.8, 4) is 0 Å². The lowest BCUT2D eigenvalue weighted by atomic mass is 10.1.